The van der Waals surface area contributed by atoms with E-state index in [2.05, 4.69) is 4.99 Å². The van der Waals surface area contributed by atoms with Gasteiger partial charge in [0.15, 0.2) is 0 Å². The number of hydrogen-bond acceptors (Lipinski definition) is 2. The molecule has 5 aromatic rings. The van der Waals surface area contributed by atoms with E-state index in [0.717, 1.165) is 32.5 Å². The third kappa shape index (κ3) is 3.71. The molecule has 5 aromatic carbocycles. The summed E-state index contributed by atoms with van der Waals surface area (Å²) in [7, 11) is -2.94. The van der Waals surface area contributed by atoms with Crippen LogP contribution in [-0.4, -0.2) is 13.7 Å². The summed E-state index contributed by atoms with van der Waals surface area (Å²) < 4.78 is 32.2. The van der Waals surface area contributed by atoms with Crippen molar-refractivity contribution in [2.75, 3.05) is 0 Å². The van der Waals surface area contributed by atoms with Crippen LogP contribution in [0.15, 0.2) is 96.0 Å². The third-order valence-electron chi connectivity index (χ3n) is 5.80. The molecule has 0 saturated carbocycles. The lowest BCUT2D eigenvalue weighted by molar-refractivity contribution is 0.429. The van der Waals surface area contributed by atoms with Gasteiger partial charge in [0.25, 0.3) is 0 Å². The van der Waals surface area contributed by atoms with Gasteiger partial charge in [-0.05, 0) is 40.1 Å². The molecule has 0 saturated heterocycles. The Balaban J connectivity index is 1.76. The highest BCUT2D eigenvalue weighted by molar-refractivity contribution is 6.36. The second kappa shape index (κ2) is 8.43. The Morgan fingerprint density at radius 3 is 2.12 bits per heavy atom. The monoisotopic (exact) mass is 423 g/mol. The molecule has 0 radical (unpaired) electrons. The average molecular weight is 423 g/mol. The fraction of sp³-hybridized carbons (Fsp3) is 0.0741. The summed E-state index contributed by atoms with van der Waals surface area (Å²) in [5, 5.41) is 5.45. The second-order valence-electron chi connectivity index (χ2n) is 7.78. The Morgan fingerprint density at radius 2 is 1.38 bits per heavy atom. The third-order valence-corrected chi connectivity index (χ3v) is 5.80. The molecular formula is C27H20BF2NO. The van der Waals surface area contributed by atoms with Crippen molar-refractivity contribution in [3.63, 3.8) is 0 Å². The van der Waals surface area contributed by atoms with E-state index in [4.69, 9.17) is 4.65 Å². The number of rotatable bonds is 5. The van der Waals surface area contributed by atoms with Gasteiger partial charge in [0.2, 0.25) is 0 Å². The van der Waals surface area contributed by atoms with Gasteiger partial charge in [-0.25, -0.2) is 8.63 Å². The van der Waals surface area contributed by atoms with Crippen molar-refractivity contribution in [2.24, 2.45) is 4.99 Å². The van der Waals surface area contributed by atoms with Crippen molar-refractivity contribution in [1.29, 1.82) is 0 Å². The van der Waals surface area contributed by atoms with E-state index in [-0.39, 0.29) is 11.8 Å². The molecule has 5 rings (SSSR count). The van der Waals surface area contributed by atoms with E-state index >= 15 is 0 Å². The minimum atomic E-state index is -2.94. The fourth-order valence-electron chi connectivity index (χ4n) is 4.22. The van der Waals surface area contributed by atoms with E-state index in [9.17, 15) is 8.63 Å². The van der Waals surface area contributed by atoms with Gasteiger partial charge < -0.3 is 4.65 Å². The molecule has 0 bridgehead atoms. The molecule has 0 amide bonds. The Bertz CT molecular complexity index is 1450. The molecule has 0 spiro atoms. The van der Waals surface area contributed by atoms with Crippen LogP contribution in [0.25, 0.3) is 32.3 Å². The van der Waals surface area contributed by atoms with Crippen LogP contribution >= 0.6 is 0 Å². The Morgan fingerprint density at radius 1 is 0.750 bits per heavy atom. The summed E-state index contributed by atoms with van der Waals surface area (Å²) in [5.41, 5.74) is 1.58. The lowest BCUT2D eigenvalue weighted by Gasteiger charge is -2.15. The van der Waals surface area contributed by atoms with Gasteiger partial charge in [-0.2, -0.15) is 0 Å². The maximum Gasteiger partial charge on any atom is 0.796 e. The minimum absolute atomic E-state index is 0.111. The molecular weight excluding hydrogens is 403 g/mol. The van der Waals surface area contributed by atoms with Gasteiger partial charge in [0.1, 0.15) is 5.75 Å². The van der Waals surface area contributed by atoms with Crippen LogP contribution in [0, 0.1) is 0 Å². The summed E-state index contributed by atoms with van der Waals surface area (Å²) in [6.07, 6.45) is 1.64. The molecule has 32 heavy (non-hydrogen) atoms. The number of nitrogens with zero attached hydrogens (tertiary/aromatic N) is 1. The van der Waals surface area contributed by atoms with Gasteiger partial charge in [0, 0.05) is 22.6 Å². The summed E-state index contributed by atoms with van der Waals surface area (Å²) in [6.45, 7) is 1.98. The number of halogens is 2. The van der Waals surface area contributed by atoms with Crippen molar-refractivity contribution in [1.82, 2.24) is 0 Å². The lowest BCUT2D eigenvalue weighted by Crippen LogP contribution is -2.10. The zero-order valence-electron chi connectivity index (χ0n) is 17.5. The molecule has 0 aliphatic rings. The van der Waals surface area contributed by atoms with Gasteiger partial charge in [-0.3, -0.25) is 4.99 Å². The van der Waals surface area contributed by atoms with E-state index in [1.54, 1.807) is 12.3 Å². The van der Waals surface area contributed by atoms with Crippen LogP contribution in [-0.2, 0) is 0 Å². The summed E-state index contributed by atoms with van der Waals surface area (Å²) in [5.74, 6) is 0.156. The Kier molecular flexibility index (Phi) is 5.32. The van der Waals surface area contributed by atoms with Gasteiger partial charge in [-0.15, -0.1) is 0 Å². The molecule has 0 N–H and O–H groups in total. The average Bonchev–Trinajstić information content (AvgIpc) is 2.83. The molecule has 0 aliphatic carbocycles. The number of hydrogen-bond donors (Lipinski definition) is 0. The maximum atomic E-state index is 13.5. The first kappa shape index (κ1) is 20.2. The van der Waals surface area contributed by atoms with Gasteiger partial charge in [0.05, 0.1) is 6.04 Å². The summed E-state index contributed by atoms with van der Waals surface area (Å²) in [4.78, 5) is 4.63. The molecule has 0 heterocycles. The molecule has 156 valence electrons. The molecule has 0 unspecified atom stereocenters. The maximum absolute atomic E-state index is 13.5. The highest BCUT2D eigenvalue weighted by Gasteiger charge is 2.23. The molecule has 0 fully saturated rings. The highest BCUT2D eigenvalue weighted by Crippen LogP contribution is 2.39. The van der Waals surface area contributed by atoms with E-state index in [1.807, 2.05) is 91.9 Å². The van der Waals surface area contributed by atoms with Crippen LogP contribution in [0.3, 0.4) is 0 Å². The highest BCUT2D eigenvalue weighted by atomic mass is 19.2. The predicted octanol–water partition coefficient (Wildman–Crippen LogP) is 7.63. The first-order valence-electron chi connectivity index (χ1n) is 10.5. The largest absolute Gasteiger partial charge is 0.796 e. The quantitative estimate of drug-likeness (QED) is 0.162. The van der Waals surface area contributed by atoms with Crippen molar-refractivity contribution < 1.29 is 13.3 Å². The first-order valence-corrected chi connectivity index (χ1v) is 10.5. The molecule has 0 aromatic heterocycles. The first-order chi connectivity index (χ1) is 15.6. The van der Waals surface area contributed by atoms with E-state index in [1.165, 1.54) is 0 Å². The minimum Gasteiger partial charge on any atom is -0.504 e. The van der Waals surface area contributed by atoms with Crippen molar-refractivity contribution in [2.45, 2.75) is 13.0 Å². The Hall–Kier alpha value is -3.73. The van der Waals surface area contributed by atoms with Crippen LogP contribution in [0.1, 0.15) is 24.1 Å². The van der Waals surface area contributed by atoms with Crippen molar-refractivity contribution in [3.8, 4) is 5.75 Å². The number of benzene rings is 5. The van der Waals surface area contributed by atoms with Gasteiger partial charge >= 0.3 is 7.47 Å². The SMILES string of the molecule is C[C@@H](N=Cc1ccc2ccc3ccc4ccccc4c3c2c1OB(F)F)c1ccccc1. The Labute approximate surface area is 185 Å². The van der Waals surface area contributed by atoms with Crippen molar-refractivity contribution >= 4 is 46.0 Å². The van der Waals surface area contributed by atoms with Crippen LogP contribution < -0.4 is 4.65 Å². The van der Waals surface area contributed by atoms with Crippen LogP contribution in [0.2, 0.25) is 0 Å². The fourth-order valence-corrected chi connectivity index (χ4v) is 4.22. The smallest absolute Gasteiger partial charge is 0.504 e. The van der Waals surface area contributed by atoms with E-state index < -0.39 is 7.47 Å². The topological polar surface area (TPSA) is 21.6 Å². The molecule has 1 atom stereocenters. The molecule has 2 nitrogen and oxygen atoms in total. The zero-order valence-corrected chi connectivity index (χ0v) is 17.5. The summed E-state index contributed by atoms with van der Waals surface area (Å²) in [6, 6.07) is 29.5. The summed E-state index contributed by atoms with van der Waals surface area (Å²) >= 11 is 0. The molecule has 0 aliphatic heterocycles. The molecule has 5 heteroatoms. The van der Waals surface area contributed by atoms with Crippen LogP contribution in [0.5, 0.6) is 5.75 Å². The van der Waals surface area contributed by atoms with Crippen molar-refractivity contribution in [3.05, 3.63) is 102 Å². The normalized spacial score (nSPS) is 12.6. The zero-order chi connectivity index (χ0) is 22.1. The predicted molar refractivity (Wildman–Crippen MR) is 130 cm³/mol. The number of fused-ring (bicyclic) bond motifs is 5. The van der Waals surface area contributed by atoms with Gasteiger partial charge in [-0.1, -0.05) is 84.9 Å². The lowest BCUT2D eigenvalue weighted by atomic mass is 9.94. The van der Waals surface area contributed by atoms with E-state index in [0.29, 0.717) is 10.9 Å². The van der Waals surface area contributed by atoms with Crippen LogP contribution in [0.4, 0.5) is 8.63 Å². The second-order valence-corrected chi connectivity index (χ2v) is 7.78. The standard InChI is InChI=1S/C27H20BF2NO/c1-18(19-7-3-2-4-8-19)31-17-23-16-15-22-14-13-21-12-11-20-9-5-6-10-24(20)25(21)26(22)27(23)32-28(29)30/h2-18H,1H3/t18-/m1/s1. The number of aliphatic imine (C=N–C) groups is 1.